The first-order valence-corrected chi connectivity index (χ1v) is 6.34. The van der Waals surface area contributed by atoms with Gasteiger partial charge in [-0.05, 0) is 46.8 Å². The Balaban J connectivity index is 2.13. The number of nitrogens with zero attached hydrogens (tertiary/aromatic N) is 3. The summed E-state index contributed by atoms with van der Waals surface area (Å²) in [7, 11) is 0. The zero-order chi connectivity index (χ0) is 12.9. The molecule has 0 saturated heterocycles. The van der Waals surface area contributed by atoms with Crippen molar-refractivity contribution in [2.45, 2.75) is 25.6 Å². The van der Waals surface area contributed by atoms with Crippen LogP contribution in [0.15, 0.2) is 16.6 Å². The number of rotatable bonds is 2. The predicted molar refractivity (Wildman–Crippen MR) is 63.0 cm³/mol. The lowest BCUT2D eigenvalue weighted by molar-refractivity contribution is -0.137. The third-order valence-corrected chi connectivity index (χ3v) is 3.63. The van der Waals surface area contributed by atoms with E-state index < -0.39 is 11.7 Å². The second-order valence-electron chi connectivity index (χ2n) is 4.54. The van der Waals surface area contributed by atoms with Gasteiger partial charge in [0.1, 0.15) is 5.52 Å². The van der Waals surface area contributed by atoms with Gasteiger partial charge in [-0.2, -0.15) is 13.2 Å². The van der Waals surface area contributed by atoms with Crippen molar-refractivity contribution in [3.8, 4) is 0 Å². The van der Waals surface area contributed by atoms with Crippen LogP contribution in [0.3, 0.4) is 0 Å². The molecule has 18 heavy (non-hydrogen) atoms. The molecule has 0 aliphatic heterocycles. The van der Waals surface area contributed by atoms with E-state index in [0.717, 1.165) is 25.0 Å². The molecule has 0 bridgehead atoms. The van der Waals surface area contributed by atoms with Crippen molar-refractivity contribution in [3.63, 3.8) is 0 Å². The summed E-state index contributed by atoms with van der Waals surface area (Å²) in [6.45, 7) is 0.643. The number of aromatic nitrogens is 3. The molecule has 1 saturated carbocycles. The van der Waals surface area contributed by atoms with E-state index in [1.807, 2.05) is 0 Å². The van der Waals surface area contributed by atoms with E-state index in [1.165, 1.54) is 0 Å². The van der Waals surface area contributed by atoms with E-state index in [9.17, 15) is 13.2 Å². The number of fused-ring (bicyclic) bond motifs is 1. The molecular formula is C11H9BrF3N3. The zero-order valence-corrected chi connectivity index (χ0v) is 10.8. The highest BCUT2D eigenvalue weighted by atomic mass is 79.9. The fourth-order valence-corrected chi connectivity index (χ4v) is 2.40. The van der Waals surface area contributed by atoms with Gasteiger partial charge in [0.2, 0.25) is 0 Å². The molecule has 7 heteroatoms. The largest absolute Gasteiger partial charge is 0.416 e. The number of benzene rings is 1. The summed E-state index contributed by atoms with van der Waals surface area (Å²) in [6.07, 6.45) is -2.13. The molecule has 2 aromatic rings. The third kappa shape index (κ3) is 2.11. The molecule has 1 aliphatic carbocycles. The minimum Gasteiger partial charge on any atom is -0.244 e. The first-order chi connectivity index (χ1) is 8.45. The molecule has 3 rings (SSSR count). The van der Waals surface area contributed by atoms with Gasteiger partial charge in [-0.15, -0.1) is 5.10 Å². The van der Waals surface area contributed by atoms with Crippen LogP contribution in [0.2, 0.25) is 0 Å². The maximum Gasteiger partial charge on any atom is 0.416 e. The molecule has 0 atom stereocenters. The van der Waals surface area contributed by atoms with Crippen molar-refractivity contribution < 1.29 is 13.2 Å². The standard InChI is InChI=1S/C11H9BrF3N3/c12-8-3-7(11(13,14)15)4-9-10(8)16-17-18(9)5-6-1-2-6/h3-4,6H,1-2,5H2. The van der Waals surface area contributed by atoms with Crippen LogP contribution in [0, 0.1) is 5.92 Å². The second-order valence-corrected chi connectivity index (χ2v) is 5.39. The molecule has 0 amide bonds. The summed E-state index contributed by atoms with van der Waals surface area (Å²) < 4.78 is 40.1. The number of alkyl halides is 3. The van der Waals surface area contributed by atoms with Gasteiger partial charge in [-0.3, -0.25) is 0 Å². The maximum absolute atomic E-state index is 12.7. The quantitative estimate of drug-likeness (QED) is 0.846. The maximum atomic E-state index is 12.7. The van der Waals surface area contributed by atoms with Gasteiger partial charge in [0.25, 0.3) is 0 Å². The summed E-state index contributed by atoms with van der Waals surface area (Å²) in [6, 6.07) is 2.15. The Morgan fingerprint density at radius 3 is 2.67 bits per heavy atom. The van der Waals surface area contributed by atoms with Crippen LogP contribution in [0.5, 0.6) is 0 Å². The molecule has 1 fully saturated rings. The van der Waals surface area contributed by atoms with E-state index in [-0.39, 0.29) is 0 Å². The Morgan fingerprint density at radius 2 is 2.06 bits per heavy atom. The average Bonchev–Trinajstić information content (AvgIpc) is 2.98. The first-order valence-electron chi connectivity index (χ1n) is 5.55. The lowest BCUT2D eigenvalue weighted by atomic mass is 10.2. The highest BCUT2D eigenvalue weighted by Crippen LogP contribution is 2.36. The normalized spacial score (nSPS) is 16.4. The Bertz CT molecular complexity index is 601. The van der Waals surface area contributed by atoms with Crippen LogP contribution in [0.25, 0.3) is 11.0 Å². The SMILES string of the molecule is FC(F)(F)c1cc(Br)c2nnn(CC3CC3)c2c1. The molecular weight excluding hydrogens is 311 g/mol. The summed E-state index contributed by atoms with van der Waals surface area (Å²) in [5, 5.41) is 7.85. The van der Waals surface area contributed by atoms with Crippen LogP contribution in [0.1, 0.15) is 18.4 Å². The van der Waals surface area contributed by atoms with Crippen LogP contribution < -0.4 is 0 Å². The molecule has 1 aromatic heterocycles. The van der Waals surface area contributed by atoms with Gasteiger partial charge in [0, 0.05) is 11.0 Å². The van der Waals surface area contributed by atoms with E-state index >= 15 is 0 Å². The summed E-state index contributed by atoms with van der Waals surface area (Å²) in [4.78, 5) is 0. The van der Waals surface area contributed by atoms with E-state index in [1.54, 1.807) is 4.68 Å². The molecule has 0 radical (unpaired) electrons. The number of halogens is 4. The van der Waals surface area contributed by atoms with Crippen LogP contribution in [0.4, 0.5) is 13.2 Å². The van der Waals surface area contributed by atoms with E-state index in [4.69, 9.17) is 0 Å². The first kappa shape index (κ1) is 12.0. The Kier molecular flexibility index (Phi) is 2.62. The van der Waals surface area contributed by atoms with E-state index in [2.05, 4.69) is 26.2 Å². The van der Waals surface area contributed by atoms with Crippen molar-refractivity contribution in [1.82, 2.24) is 15.0 Å². The topological polar surface area (TPSA) is 30.7 Å². The summed E-state index contributed by atoms with van der Waals surface area (Å²) >= 11 is 3.12. The number of hydrogen-bond acceptors (Lipinski definition) is 2. The average molecular weight is 320 g/mol. The fraction of sp³-hybridized carbons (Fsp3) is 0.455. The lowest BCUT2D eigenvalue weighted by Gasteiger charge is -2.08. The van der Waals surface area contributed by atoms with Gasteiger partial charge in [0.05, 0.1) is 11.1 Å². The molecule has 1 heterocycles. The van der Waals surface area contributed by atoms with Crippen molar-refractivity contribution in [2.75, 3.05) is 0 Å². The second kappa shape index (κ2) is 3.94. The van der Waals surface area contributed by atoms with Gasteiger partial charge in [-0.1, -0.05) is 5.21 Å². The van der Waals surface area contributed by atoms with Gasteiger partial charge in [-0.25, -0.2) is 4.68 Å². The molecule has 0 unspecified atom stereocenters. The summed E-state index contributed by atoms with van der Waals surface area (Å²) in [5.74, 6) is 0.531. The minimum atomic E-state index is -4.36. The van der Waals surface area contributed by atoms with Gasteiger partial charge >= 0.3 is 6.18 Å². The highest BCUT2D eigenvalue weighted by Gasteiger charge is 2.32. The minimum absolute atomic E-state index is 0.328. The highest BCUT2D eigenvalue weighted by molar-refractivity contribution is 9.10. The van der Waals surface area contributed by atoms with Crippen molar-refractivity contribution in [1.29, 1.82) is 0 Å². The van der Waals surface area contributed by atoms with Crippen LogP contribution in [-0.4, -0.2) is 15.0 Å². The zero-order valence-electron chi connectivity index (χ0n) is 9.21. The molecule has 96 valence electrons. The smallest absolute Gasteiger partial charge is 0.244 e. The fourth-order valence-electron chi connectivity index (χ4n) is 1.87. The molecule has 3 nitrogen and oxygen atoms in total. The lowest BCUT2D eigenvalue weighted by Crippen LogP contribution is -2.06. The molecule has 1 aromatic carbocycles. The van der Waals surface area contributed by atoms with E-state index in [0.29, 0.717) is 28.0 Å². The van der Waals surface area contributed by atoms with Crippen LogP contribution in [-0.2, 0) is 12.7 Å². The van der Waals surface area contributed by atoms with Crippen molar-refractivity contribution in [3.05, 3.63) is 22.2 Å². The third-order valence-electron chi connectivity index (χ3n) is 3.03. The predicted octanol–water partition coefficient (Wildman–Crippen LogP) is 3.62. The monoisotopic (exact) mass is 319 g/mol. The van der Waals surface area contributed by atoms with Crippen molar-refractivity contribution in [2.24, 2.45) is 5.92 Å². The Labute approximate surface area is 109 Å². The van der Waals surface area contributed by atoms with Crippen LogP contribution >= 0.6 is 15.9 Å². The Morgan fingerprint density at radius 1 is 1.33 bits per heavy atom. The number of hydrogen-bond donors (Lipinski definition) is 0. The molecule has 0 spiro atoms. The van der Waals surface area contributed by atoms with Gasteiger partial charge < -0.3 is 0 Å². The van der Waals surface area contributed by atoms with Crippen molar-refractivity contribution >= 4 is 27.0 Å². The van der Waals surface area contributed by atoms with Gasteiger partial charge in [0.15, 0.2) is 0 Å². The Hall–Kier alpha value is -1.11. The molecule has 0 N–H and O–H groups in total. The molecule has 1 aliphatic rings. The summed E-state index contributed by atoms with van der Waals surface area (Å²) in [5.41, 5.74) is 0.230.